The summed E-state index contributed by atoms with van der Waals surface area (Å²) in [6, 6.07) is 7.45. The van der Waals surface area contributed by atoms with E-state index in [1.54, 1.807) is 0 Å². The Morgan fingerprint density at radius 3 is 2.71 bits per heavy atom. The molecule has 1 aromatic heterocycles. The second-order valence-corrected chi connectivity index (χ2v) is 6.44. The average molecular weight is 309 g/mol. The quantitative estimate of drug-likeness (QED) is 0.888. The SMILES string of the molecule is CN(Cc1nc(-c2ccccc2Cl)no1)CC(C)(C)CN. The van der Waals surface area contributed by atoms with Crippen LogP contribution in [0, 0.1) is 5.41 Å². The van der Waals surface area contributed by atoms with Crippen LogP contribution in [0.2, 0.25) is 5.02 Å². The molecule has 0 unspecified atom stereocenters. The third kappa shape index (κ3) is 4.27. The van der Waals surface area contributed by atoms with E-state index in [0.717, 1.165) is 12.1 Å². The summed E-state index contributed by atoms with van der Waals surface area (Å²) in [5, 5.41) is 4.61. The zero-order valence-electron chi connectivity index (χ0n) is 12.6. The Kier molecular flexibility index (Phi) is 4.98. The van der Waals surface area contributed by atoms with Crippen molar-refractivity contribution in [2.24, 2.45) is 11.1 Å². The van der Waals surface area contributed by atoms with Crippen LogP contribution in [0.5, 0.6) is 0 Å². The molecule has 1 aromatic carbocycles. The fraction of sp³-hybridized carbons (Fsp3) is 0.467. The van der Waals surface area contributed by atoms with Crippen molar-refractivity contribution in [2.75, 3.05) is 20.1 Å². The van der Waals surface area contributed by atoms with Crippen molar-refractivity contribution in [1.29, 1.82) is 0 Å². The summed E-state index contributed by atoms with van der Waals surface area (Å²) >= 11 is 6.13. The van der Waals surface area contributed by atoms with Gasteiger partial charge >= 0.3 is 0 Å². The van der Waals surface area contributed by atoms with E-state index in [4.69, 9.17) is 21.9 Å². The molecule has 1 heterocycles. The number of hydrogen-bond donors (Lipinski definition) is 1. The summed E-state index contributed by atoms with van der Waals surface area (Å²) in [5.74, 6) is 1.09. The lowest BCUT2D eigenvalue weighted by Gasteiger charge is -2.27. The van der Waals surface area contributed by atoms with Crippen molar-refractivity contribution in [3.8, 4) is 11.4 Å². The van der Waals surface area contributed by atoms with Crippen molar-refractivity contribution >= 4 is 11.6 Å². The highest BCUT2D eigenvalue weighted by Gasteiger charge is 2.20. The van der Waals surface area contributed by atoms with E-state index >= 15 is 0 Å². The molecule has 2 aromatic rings. The minimum atomic E-state index is 0.0559. The van der Waals surface area contributed by atoms with Crippen molar-refractivity contribution in [1.82, 2.24) is 15.0 Å². The molecule has 0 saturated heterocycles. The maximum atomic E-state index is 6.13. The van der Waals surface area contributed by atoms with Crippen LogP contribution in [0.3, 0.4) is 0 Å². The molecule has 0 aliphatic heterocycles. The molecule has 0 spiro atoms. The van der Waals surface area contributed by atoms with Gasteiger partial charge in [0.15, 0.2) is 0 Å². The van der Waals surface area contributed by atoms with Gasteiger partial charge in [-0.05, 0) is 31.1 Å². The number of nitrogens with two attached hydrogens (primary N) is 1. The van der Waals surface area contributed by atoms with E-state index in [1.807, 2.05) is 31.3 Å². The van der Waals surface area contributed by atoms with Gasteiger partial charge in [-0.25, -0.2) is 0 Å². The van der Waals surface area contributed by atoms with Crippen molar-refractivity contribution in [2.45, 2.75) is 20.4 Å². The largest absolute Gasteiger partial charge is 0.338 e. The molecule has 2 N–H and O–H groups in total. The highest BCUT2D eigenvalue weighted by atomic mass is 35.5. The topological polar surface area (TPSA) is 68.2 Å². The van der Waals surface area contributed by atoms with E-state index in [9.17, 15) is 0 Å². The molecule has 6 heteroatoms. The second-order valence-electron chi connectivity index (χ2n) is 6.03. The Morgan fingerprint density at radius 1 is 1.33 bits per heavy atom. The fourth-order valence-electron chi connectivity index (χ4n) is 2.15. The van der Waals surface area contributed by atoms with Crippen LogP contribution in [0.25, 0.3) is 11.4 Å². The highest BCUT2D eigenvalue weighted by molar-refractivity contribution is 6.33. The highest BCUT2D eigenvalue weighted by Crippen LogP contribution is 2.25. The lowest BCUT2D eigenvalue weighted by molar-refractivity contribution is 0.189. The smallest absolute Gasteiger partial charge is 0.241 e. The predicted octanol–water partition coefficient (Wildman–Crippen LogP) is 2.81. The summed E-state index contributed by atoms with van der Waals surface area (Å²) in [7, 11) is 2.01. The minimum Gasteiger partial charge on any atom is -0.338 e. The van der Waals surface area contributed by atoms with Crippen LogP contribution in [-0.4, -0.2) is 35.2 Å². The first-order chi connectivity index (χ1) is 9.91. The van der Waals surface area contributed by atoms with Gasteiger partial charge in [-0.15, -0.1) is 0 Å². The number of nitrogens with zero attached hydrogens (tertiary/aromatic N) is 3. The van der Waals surface area contributed by atoms with E-state index in [-0.39, 0.29) is 5.41 Å². The second kappa shape index (κ2) is 6.56. The van der Waals surface area contributed by atoms with Gasteiger partial charge in [0.1, 0.15) is 0 Å². The van der Waals surface area contributed by atoms with Gasteiger partial charge in [0.05, 0.1) is 11.6 Å². The Labute approximate surface area is 130 Å². The number of aromatic nitrogens is 2. The number of benzene rings is 1. The van der Waals surface area contributed by atoms with Gasteiger partial charge in [0.2, 0.25) is 11.7 Å². The molecule has 0 aliphatic rings. The third-order valence-corrected chi connectivity index (χ3v) is 3.57. The van der Waals surface area contributed by atoms with Crippen molar-refractivity contribution in [3.63, 3.8) is 0 Å². The van der Waals surface area contributed by atoms with E-state index in [1.165, 1.54) is 0 Å². The summed E-state index contributed by atoms with van der Waals surface area (Å²) in [6.07, 6.45) is 0. The van der Waals surface area contributed by atoms with E-state index in [2.05, 4.69) is 28.9 Å². The van der Waals surface area contributed by atoms with E-state index in [0.29, 0.717) is 29.8 Å². The molecule has 2 rings (SSSR count). The Morgan fingerprint density at radius 2 is 2.05 bits per heavy atom. The van der Waals surface area contributed by atoms with Gasteiger partial charge in [0, 0.05) is 12.1 Å². The van der Waals surface area contributed by atoms with E-state index < -0.39 is 0 Å². The van der Waals surface area contributed by atoms with Gasteiger partial charge in [0.25, 0.3) is 0 Å². The van der Waals surface area contributed by atoms with Gasteiger partial charge in [-0.1, -0.05) is 42.7 Å². The number of halogens is 1. The average Bonchev–Trinajstić information content (AvgIpc) is 2.86. The van der Waals surface area contributed by atoms with Gasteiger partial charge < -0.3 is 10.3 Å². The molecule has 0 atom stereocenters. The summed E-state index contributed by atoms with van der Waals surface area (Å²) < 4.78 is 5.30. The molecule has 0 amide bonds. The van der Waals surface area contributed by atoms with Crippen LogP contribution in [0.15, 0.2) is 28.8 Å². The Balaban J connectivity index is 2.06. The predicted molar refractivity (Wildman–Crippen MR) is 83.9 cm³/mol. The Bertz CT molecular complexity index is 597. The molecule has 5 nitrogen and oxygen atoms in total. The molecule has 21 heavy (non-hydrogen) atoms. The number of hydrogen-bond acceptors (Lipinski definition) is 5. The molecule has 0 aliphatic carbocycles. The number of rotatable bonds is 6. The van der Waals surface area contributed by atoms with Gasteiger partial charge in [-0.2, -0.15) is 4.98 Å². The molecule has 114 valence electrons. The van der Waals surface area contributed by atoms with Crippen LogP contribution in [0.1, 0.15) is 19.7 Å². The van der Waals surface area contributed by atoms with Crippen LogP contribution < -0.4 is 5.73 Å². The van der Waals surface area contributed by atoms with Crippen molar-refractivity contribution < 1.29 is 4.52 Å². The standard InChI is InChI=1S/C15H21ClN4O/c1-15(2,9-17)10-20(3)8-13-18-14(19-21-13)11-6-4-5-7-12(11)16/h4-7H,8-10,17H2,1-3H3. The van der Waals surface area contributed by atoms with Crippen LogP contribution in [0.4, 0.5) is 0 Å². The Hall–Kier alpha value is -1.43. The molecule has 0 radical (unpaired) electrons. The molecule has 0 bridgehead atoms. The maximum Gasteiger partial charge on any atom is 0.241 e. The summed E-state index contributed by atoms with van der Waals surface area (Å²) in [6.45, 7) is 6.33. The monoisotopic (exact) mass is 308 g/mol. The molecule has 0 fully saturated rings. The zero-order chi connectivity index (χ0) is 15.5. The maximum absolute atomic E-state index is 6.13. The first-order valence-electron chi connectivity index (χ1n) is 6.87. The first-order valence-corrected chi connectivity index (χ1v) is 7.25. The zero-order valence-corrected chi connectivity index (χ0v) is 13.4. The summed E-state index contributed by atoms with van der Waals surface area (Å²) in [5.41, 5.74) is 6.58. The third-order valence-electron chi connectivity index (χ3n) is 3.24. The van der Waals surface area contributed by atoms with Gasteiger partial charge in [-0.3, -0.25) is 4.90 Å². The van der Waals surface area contributed by atoms with Crippen molar-refractivity contribution in [3.05, 3.63) is 35.2 Å². The fourth-order valence-corrected chi connectivity index (χ4v) is 2.37. The molecule has 0 saturated carbocycles. The lowest BCUT2D eigenvalue weighted by Crippen LogP contribution is -2.36. The summed E-state index contributed by atoms with van der Waals surface area (Å²) in [4.78, 5) is 6.52. The normalized spacial score (nSPS) is 12.1. The minimum absolute atomic E-state index is 0.0559. The van der Waals surface area contributed by atoms with Crippen LogP contribution in [-0.2, 0) is 6.54 Å². The first kappa shape index (κ1) is 15.9. The molecular formula is C15H21ClN4O. The lowest BCUT2D eigenvalue weighted by atomic mass is 9.93. The van der Waals surface area contributed by atoms with Crippen LogP contribution >= 0.6 is 11.6 Å². The molecular weight excluding hydrogens is 288 g/mol.